The zero-order chi connectivity index (χ0) is 18.6. The van der Waals surface area contributed by atoms with Gasteiger partial charge in [0.2, 0.25) is 0 Å². The molecule has 0 saturated carbocycles. The quantitative estimate of drug-likeness (QED) is 0.520. The number of hydrogen-bond acceptors (Lipinski definition) is 4. The van der Waals surface area contributed by atoms with E-state index in [1.54, 1.807) is 29.2 Å². The van der Waals surface area contributed by atoms with Crippen LogP contribution in [-0.2, 0) is 6.32 Å². The Hall–Kier alpha value is -3.72. The highest BCUT2D eigenvalue weighted by molar-refractivity contribution is 6.79. The Bertz CT molecular complexity index is 1130. The van der Waals surface area contributed by atoms with Crippen LogP contribution in [0.5, 0.6) is 0 Å². The maximum absolute atomic E-state index is 9.87. The van der Waals surface area contributed by atoms with Gasteiger partial charge in [-0.2, -0.15) is 5.10 Å². The molecular formula is C21H16BN5. The Morgan fingerprint density at radius 2 is 2.00 bits per heavy atom. The average molecular weight is 349 g/mol. The van der Waals surface area contributed by atoms with E-state index >= 15 is 0 Å². The summed E-state index contributed by atoms with van der Waals surface area (Å²) in [6, 6.07) is 15.7. The Kier molecular flexibility index (Phi) is 4.50. The fourth-order valence-electron chi connectivity index (χ4n) is 3.12. The summed E-state index contributed by atoms with van der Waals surface area (Å²) in [6.07, 6.45) is 7.54. The molecule has 27 heavy (non-hydrogen) atoms. The molecule has 4 rings (SSSR count). The van der Waals surface area contributed by atoms with Crippen molar-refractivity contribution in [2.24, 2.45) is 0 Å². The van der Waals surface area contributed by atoms with Gasteiger partial charge in [-0.3, -0.25) is 4.98 Å². The van der Waals surface area contributed by atoms with E-state index < -0.39 is 0 Å². The van der Waals surface area contributed by atoms with Gasteiger partial charge in [0.15, 0.2) is 5.65 Å². The summed E-state index contributed by atoms with van der Waals surface area (Å²) >= 11 is 0. The smallest absolute Gasteiger partial charge is 0.264 e. The van der Waals surface area contributed by atoms with Crippen molar-refractivity contribution >= 4 is 24.0 Å². The number of aromatic nitrogens is 4. The predicted molar refractivity (Wildman–Crippen MR) is 107 cm³/mol. The third kappa shape index (κ3) is 3.23. The van der Waals surface area contributed by atoms with E-state index in [-0.39, 0.29) is 6.71 Å². The highest BCUT2D eigenvalue weighted by atomic mass is 15.2. The van der Waals surface area contributed by atoms with E-state index in [9.17, 15) is 5.26 Å². The molecule has 0 aliphatic carbocycles. The van der Waals surface area contributed by atoms with Crippen LogP contribution in [0.4, 0.5) is 0 Å². The monoisotopic (exact) mass is 349 g/mol. The van der Waals surface area contributed by atoms with Gasteiger partial charge in [0.1, 0.15) is 0 Å². The zero-order valence-electron chi connectivity index (χ0n) is 14.7. The molecule has 0 aliphatic heterocycles. The molecule has 0 unspecified atom stereocenters. The molecule has 3 aromatic heterocycles. The van der Waals surface area contributed by atoms with Crippen LogP contribution in [-0.4, -0.2) is 26.3 Å². The lowest BCUT2D eigenvalue weighted by Gasteiger charge is -2.11. The van der Waals surface area contributed by atoms with E-state index in [4.69, 9.17) is 4.98 Å². The minimum absolute atomic E-state index is 0.375. The molecule has 4 aromatic rings. The van der Waals surface area contributed by atoms with Gasteiger partial charge in [0.25, 0.3) is 0 Å². The first kappa shape index (κ1) is 16.7. The molecule has 0 N–H and O–H groups in total. The molecule has 0 radical (unpaired) electrons. The number of benzene rings is 1. The van der Waals surface area contributed by atoms with Crippen LogP contribution >= 0.6 is 0 Å². The largest absolute Gasteiger partial charge is 0.326 e. The van der Waals surface area contributed by atoms with Crippen LogP contribution in [0.2, 0.25) is 0 Å². The van der Waals surface area contributed by atoms with E-state index in [0.717, 1.165) is 28.0 Å². The first-order valence-electron chi connectivity index (χ1n) is 8.65. The fraction of sp³-hybridized carbons (Fsp3) is 0.0476. The Morgan fingerprint density at radius 1 is 1.15 bits per heavy atom. The highest BCUT2D eigenvalue weighted by Gasteiger charge is 2.24. The van der Waals surface area contributed by atoms with Crippen molar-refractivity contribution in [1.82, 2.24) is 19.6 Å². The zero-order valence-corrected chi connectivity index (χ0v) is 14.7. The number of rotatable bonds is 5. The number of fused-ring (bicyclic) bond motifs is 1. The van der Waals surface area contributed by atoms with Crippen LogP contribution < -0.4 is 5.59 Å². The van der Waals surface area contributed by atoms with Crippen molar-refractivity contribution in [3.63, 3.8) is 0 Å². The highest BCUT2D eigenvalue weighted by Crippen LogP contribution is 2.19. The van der Waals surface area contributed by atoms with Crippen LogP contribution in [0, 0.1) is 11.2 Å². The van der Waals surface area contributed by atoms with Crippen molar-refractivity contribution < 1.29 is 0 Å². The number of pyridine rings is 1. The second-order valence-corrected chi connectivity index (χ2v) is 6.22. The summed E-state index contributed by atoms with van der Waals surface area (Å²) in [6.45, 7) is 3.48. The summed E-state index contributed by atoms with van der Waals surface area (Å²) < 4.78 is 1.74. The summed E-state index contributed by atoms with van der Waals surface area (Å²) in [7, 11) is 0. The summed E-state index contributed by atoms with van der Waals surface area (Å²) in [5, 5.41) is 14.3. The van der Waals surface area contributed by atoms with Gasteiger partial charge in [-0.05, 0) is 24.0 Å². The predicted octanol–water partition coefficient (Wildman–Crippen LogP) is 2.98. The van der Waals surface area contributed by atoms with Crippen molar-refractivity contribution in [3.8, 4) is 17.2 Å². The van der Waals surface area contributed by atoms with Crippen LogP contribution in [0.3, 0.4) is 0 Å². The Morgan fingerprint density at radius 3 is 2.70 bits per heavy atom. The van der Waals surface area contributed by atoms with Crippen molar-refractivity contribution in [2.75, 3.05) is 0 Å². The third-order valence-electron chi connectivity index (χ3n) is 4.49. The van der Waals surface area contributed by atoms with Crippen LogP contribution in [0.15, 0.2) is 73.7 Å². The fourth-order valence-corrected chi connectivity index (χ4v) is 3.12. The molecule has 0 atom stereocenters. The molecular weight excluding hydrogens is 333 g/mol. The van der Waals surface area contributed by atoms with Gasteiger partial charge in [-0.15, -0.1) is 0 Å². The lowest BCUT2D eigenvalue weighted by atomic mass is 9.45. The molecule has 0 bridgehead atoms. The van der Waals surface area contributed by atoms with Crippen molar-refractivity contribution in [3.05, 3.63) is 84.8 Å². The lowest BCUT2D eigenvalue weighted by Crippen LogP contribution is -2.37. The van der Waals surface area contributed by atoms with Crippen LogP contribution in [0.25, 0.3) is 23.0 Å². The second-order valence-electron chi connectivity index (χ2n) is 6.22. The minimum Gasteiger partial charge on any atom is -0.264 e. The molecule has 0 saturated heterocycles. The Labute approximate surface area is 157 Å². The summed E-state index contributed by atoms with van der Waals surface area (Å²) in [5.74, 6) is 2.42. The molecule has 128 valence electrons. The van der Waals surface area contributed by atoms with Gasteiger partial charge in [0.05, 0.1) is 11.9 Å². The second kappa shape index (κ2) is 7.26. The molecule has 0 fully saturated rings. The molecule has 1 aromatic carbocycles. The topological polar surface area (TPSA) is 66.9 Å². The number of nitrogens with zero attached hydrogens (tertiary/aromatic N) is 5. The maximum Gasteiger partial charge on any atom is 0.326 e. The standard InChI is InChI=1S/C21H16BN5/c1-2-17-14-25-27-20(22(15-23)12-16-7-6-10-24-13-16)11-19(26-21(17)27)18-8-4-3-5-9-18/h2-11,13-14H,1,12H2. The third-order valence-corrected chi connectivity index (χ3v) is 4.49. The van der Waals surface area contributed by atoms with E-state index in [0.29, 0.717) is 12.0 Å². The summed E-state index contributed by atoms with van der Waals surface area (Å²) in [5.41, 5.74) is 5.16. The van der Waals surface area contributed by atoms with Gasteiger partial charge >= 0.3 is 6.71 Å². The van der Waals surface area contributed by atoms with E-state index in [1.165, 1.54) is 0 Å². The summed E-state index contributed by atoms with van der Waals surface area (Å²) in [4.78, 5) is 8.92. The van der Waals surface area contributed by atoms with Gasteiger partial charge < -0.3 is 0 Å². The number of hydrogen-bond donors (Lipinski definition) is 0. The van der Waals surface area contributed by atoms with Crippen molar-refractivity contribution in [1.29, 1.82) is 5.26 Å². The molecule has 0 spiro atoms. The SMILES string of the molecule is C=Cc1cnn2c(B(C#N)Cc3cccnc3)cc(-c3ccccc3)nc12. The molecule has 3 heterocycles. The molecule has 0 aliphatic rings. The molecule has 5 nitrogen and oxygen atoms in total. The normalized spacial score (nSPS) is 10.5. The lowest BCUT2D eigenvalue weighted by molar-refractivity contribution is 0.966. The number of nitriles is 1. The first-order chi connectivity index (χ1) is 13.3. The maximum atomic E-state index is 9.87. The first-order valence-corrected chi connectivity index (χ1v) is 8.65. The van der Waals surface area contributed by atoms with E-state index in [1.807, 2.05) is 48.5 Å². The minimum atomic E-state index is -0.375. The Balaban J connectivity index is 1.89. The van der Waals surface area contributed by atoms with Gasteiger partial charge in [-0.1, -0.05) is 49.1 Å². The van der Waals surface area contributed by atoms with E-state index in [2.05, 4.69) is 22.6 Å². The molecule has 6 heteroatoms. The van der Waals surface area contributed by atoms with Crippen molar-refractivity contribution in [2.45, 2.75) is 6.32 Å². The van der Waals surface area contributed by atoms with Crippen LogP contribution in [0.1, 0.15) is 11.1 Å². The van der Waals surface area contributed by atoms with Gasteiger partial charge in [0, 0.05) is 35.1 Å². The van der Waals surface area contributed by atoms with Gasteiger partial charge in [-0.25, -0.2) is 14.8 Å². The average Bonchev–Trinajstić information content (AvgIpc) is 3.16. The molecule has 0 amide bonds.